The van der Waals surface area contributed by atoms with Gasteiger partial charge in [-0.1, -0.05) is 30.3 Å². The van der Waals surface area contributed by atoms with E-state index < -0.39 is 5.54 Å². The average Bonchev–Trinajstić information content (AvgIpc) is 2.30. The van der Waals surface area contributed by atoms with E-state index in [2.05, 4.69) is 30.1 Å². The molecule has 88 valence electrons. The van der Waals surface area contributed by atoms with Crippen LogP contribution < -0.4 is 5.73 Å². The van der Waals surface area contributed by atoms with Gasteiger partial charge in [0.1, 0.15) is 0 Å². The second-order valence-electron chi connectivity index (χ2n) is 4.71. The van der Waals surface area contributed by atoms with Crippen molar-refractivity contribution in [2.24, 2.45) is 5.73 Å². The van der Waals surface area contributed by atoms with Crippen LogP contribution in [0, 0.1) is 13.8 Å². The molecular weight excluding hydrogens is 208 g/mol. The van der Waals surface area contributed by atoms with Gasteiger partial charge in [-0.2, -0.15) is 0 Å². The third-order valence-electron chi connectivity index (χ3n) is 3.22. The highest BCUT2D eigenvalue weighted by Gasteiger charge is 2.25. The Balaban J connectivity index is 2.49. The summed E-state index contributed by atoms with van der Waals surface area (Å²) in [5, 5.41) is 0. The SMILES string of the molecule is Cc1ccc(C(C)(N)c2ccccc2C)cn1. The summed E-state index contributed by atoms with van der Waals surface area (Å²) in [5.74, 6) is 0. The second kappa shape index (κ2) is 4.30. The van der Waals surface area contributed by atoms with E-state index in [4.69, 9.17) is 5.73 Å². The van der Waals surface area contributed by atoms with Gasteiger partial charge >= 0.3 is 0 Å². The van der Waals surface area contributed by atoms with Gasteiger partial charge in [0.2, 0.25) is 0 Å². The quantitative estimate of drug-likeness (QED) is 0.855. The Morgan fingerprint density at radius 3 is 2.35 bits per heavy atom. The topological polar surface area (TPSA) is 38.9 Å². The van der Waals surface area contributed by atoms with Crippen LogP contribution in [0.1, 0.15) is 29.3 Å². The van der Waals surface area contributed by atoms with E-state index in [-0.39, 0.29) is 0 Å². The third-order valence-corrected chi connectivity index (χ3v) is 3.22. The molecule has 0 spiro atoms. The third kappa shape index (κ3) is 2.22. The van der Waals surface area contributed by atoms with Crippen LogP contribution in [0.4, 0.5) is 0 Å². The van der Waals surface area contributed by atoms with Crippen molar-refractivity contribution >= 4 is 0 Å². The molecule has 0 radical (unpaired) electrons. The fourth-order valence-electron chi connectivity index (χ4n) is 2.09. The first-order chi connectivity index (χ1) is 8.01. The van der Waals surface area contributed by atoms with Crippen molar-refractivity contribution in [3.05, 3.63) is 65.0 Å². The molecular formula is C15H18N2. The van der Waals surface area contributed by atoms with E-state index >= 15 is 0 Å². The molecule has 0 aliphatic carbocycles. The van der Waals surface area contributed by atoms with Gasteiger partial charge in [0.25, 0.3) is 0 Å². The minimum atomic E-state index is -0.494. The van der Waals surface area contributed by atoms with E-state index in [1.54, 1.807) is 0 Å². The minimum Gasteiger partial charge on any atom is -0.318 e. The lowest BCUT2D eigenvalue weighted by Gasteiger charge is -2.27. The van der Waals surface area contributed by atoms with Gasteiger partial charge in [-0.15, -0.1) is 0 Å². The molecule has 2 N–H and O–H groups in total. The Kier molecular flexibility index (Phi) is 2.99. The minimum absolute atomic E-state index is 0.494. The summed E-state index contributed by atoms with van der Waals surface area (Å²) in [6.45, 7) is 6.09. The molecule has 1 unspecified atom stereocenters. The number of nitrogens with two attached hydrogens (primary N) is 1. The van der Waals surface area contributed by atoms with Crippen molar-refractivity contribution in [3.8, 4) is 0 Å². The standard InChI is InChI=1S/C15H18N2/c1-11-6-4-5-7-14(11)15(3,16)13-9-8-12(2)17-10-13/h4-10H,16H2,1-3H3. The van der Waals surface area contributed by atoms with Gasteiger partial charge in [-0.3, -0.25) is 4.98 Å². The summed E-state index contributed by atoms with van der Waals surface area (Å²) in [5.41, 5.74) is 10.4. The zero-order valence-corrected chi connectivity index (χ0v) is 10.6. The Bertz CT molecular complexity index is 513. The number of aryl methyl sites for hydroxylation is 2. The molecule has 0 fully saturated rings. The van der Waals surface area contributed by atoms with E-state index in [1.165, 1.54) is 5.56 Å². The summed E-state index contributed by atoms with van der Waals surface area (Å²) >= 11 is 0. The molecule has 0 saturated heterocycles. The molecule has 17 heavy (non-hydrogen) atoms. The number of nitrogens with zero attached hydrogens (tertiary/aromatic N) is 1. The molecule has 2 heteroatoms. The molecule has 1 aromatic heterocycles. The largest absolute Gasteiger partial charge is 0.318 e. The maximum absolute atomic E-state index is 6.47. The molecule has 0 aliphatic heterocycles. The highest BCUT2D eigenvalue weighted by atomic mass is 14.8. The number of benzene rings is 1. The summed E-state index contributed by atoms with van der Waals surface area (Å²) < 4.78 is 0. The van der Waals surface area contributed by atoms with Crippen LogP contribution in [0.2, 0.25) is 0 Å². The molecule has 2 nitrogen and oxygen atoms in total. The number of pyridine rings is 1. The molecule has 0 aliphatic rings. The highest BCUT2D eigenvalue weighted by Crippen LogP contribution is 2.28. The first-order valence-corrected chi connectivity index (χ1v) is 5.80. The number of hydrogen-bond donors (Lipinski definition) is 1. The Hall–Kier alpha value is -1.67. The monoisotopic (exact) mass is 226 g/mol. The van der Waals surface area contributed by atoms with Gasteiger partial charge in [0.05, 0.1) is 5.54 Å². The van der Waals surface area contributed by atoms with Crippen molar-refractivity contribution in [2.45, 2.75) is 26.3 Å². The zero-order chi connectivity index (χ0) is 12.5. The predicted molar refractivity (Wildman–Crippen MR) is 70.8 cm³/mol. The molecule has 1 aromatic carbocycles. The van der Waals surface area contributed by atoms with Crippen molar-refractivity contribution < 1.29 is 0 Å². The average molecular weight is 226 g/mol. The van der Waals surface area contributed by atoms with Gasteiger partial charge in [0, 0.05) is 11.9 Å². The Morgan fingerprint density at radius 1 is 1.06 bits per heavy atom. The van der Waals surface area contributed by atoms with E-state index in [0.29, 0.717) is 0 Å². The van der Waals surface area contributed by atoms with E-state index in [9.17, 15) is 0 Å². The summed E-state index contributed by atoms with van der Waals surface area (Å²) in [7, 11) is 0. The Labute approximate surface area is 103 Å². The van der Waals surface area contributed by atoms with Crippen molar-refractivity contribution in [3.63, 3.8) is 0 Å². The molecule has 2 rings (SSSR count). The highest BCUT2D eigenvalue weighted by molar-refractivity contribution is 5.40. The van der Waals surface area contributed by atoms with Crippen LogP contribution in [0.15, 0.2) is 42.6 Å². The summed E-state index contributed by atoms with van der Waals surface area (Å²) in [4.78, 5) is 4.32. The van der Waals surface area contributed by atoms with Gasteiger partial charge in [-0.05, 0) is 43.5 Å². The molecule has 0 bridgehead atoms. The van der Waals surface area contributed by atoms with Gasteiger partial charge in [0.15, 0.2) is 0 Å². The fraction of sp³-hybridized carbons (Fsp3) is 0.267. The predicted octanol–water partition coefficient (Wildman–Crippen LogP) is 2.92. The lowest BCUT2D eigenvalue weighted by Crippen LogP contribution is -2.35. The molecule has 0 amide bonds. The Morgan fingerprint density at radius 2 is 1.76 bits per heavy atom. The van der Waals surface area contributed by atoms with Crippen LogP contribution in [-0.2, 0) is 5.54 Å². The number of aromatic nitrogens is 1. The van der Waals surface area contributed by atoms with Gasteiger partial charge in [-0.25, -0.2) is 0 Å². The molecule has 1 atom stereocenters. The van der Waals surface area contributed by atoms with Crippen LogP contribution in [0.25, 0.3) is 0 Å². The normalized spacial score (nSPS) is 14.4. The van der Waals surface area contributed by atoms with Crippen molar-refractivity contribution in [1.82, 2.24) is 4.98 Å². The number of hydrogen-bond acceptors (Lipinski definition) is 2. The second-order valence-corrected chi connectivity index (χ2v) is 4.71. The molecule has 0 saturated carbocycles. The van der Waals surface area contributed by atoms with Crippen LogP contribution in [0.3, 0.4) is 0 Å². The molecule has 1 heterocycles. The smallest absolute Gasteiger partial charge is 0.0654 e. The summed E-state index contributed by atoms with van der Waals surface area (Å²) in [6, 6.07) is 12.3. The van der Waals surface area contributed by atoms with Crippen LogP contribution >= 0.6 is 0 Å². The van der Waals surface area contributed by atoms with E-state index in [0.717, 1.165) is 16.8 Å². The van der Waals surface area contributed by atoms with Crippen LogP contribution in [-0.4, -0.2) is 4.98 Å². The molecule has 2 aromatic rings. The van der Waals surface area contributed by atoms with Gasteiger partial charge < -0.3 is 5.73 Å². The van der Waals surface area contributed by atoms with Crippen molar-refractivity contribution in [2.75, 3.05) is 0 Å². The lowest BCUT2D eigenvalue weighted by atomic mass is 9.84. The van der Waals surface area contributed by atoms with E-state index in [1.807, 2.05) is 38.2 Å². The maximum atomic E-state index is 6.47. The fourth-order valence-corrected chi connectivity index (χ4v) is 2.09. The lowest BCUT2D eigenvalue weighted by molar-refractivity contribution is 0.595. The zero-order valence-electron chi connectivity index (χ0n) is 10.6. The number of rotatable bonds is 2. The first-order valence-electron chi connectivity index (χ1n) is 5.80. The maximum Gasteiger partial charge on any atom is 0.0654 e. The summed E-state index contributed by atoms with van der Waals surface area (Å²) in [6.07, 6.45) is 1.86. The first kappa shape index (κ1) is 11.8. The van der Waals surface area contributed by atoms with Crippen molar-refractivity contribution in [1.29, 1.82) is 0 Å². The van der Waals surface area contributed by atoms with Crippen LogP contribution in [0.5, 0.6) is 0 Å².